The van der Waals surface area contributed by atoms with Crippen LogP contribution in [-0.4, -0.2) is 9.99 Å². The van der Waals surface area contributed by atoms with Crippen LogP contribution >= 0.6 is 11.6 Å². The molecule has 22 heavy (non-hydrogen) atoms. The molecule has 1 unspecified atom stereocenters. The van der Waals surface area contributed by atoms with Crippen LogP contribution < -0.4 is 0 Å². The lowest BCUT2D eigenvalue weighted by atomic mass is 9.92. The van der Waals surface area contributed by atoms with Crippen molar-refractivity contribution in [3.63, 3.8) is 0 Å². The minimum absolute atomic E-state index is 0.174. The summed E-state index contributed by atoms with van der Waals surface area (Å²) in [5, 5.41) is 0.138. The van der Waals surface area contributed by atoms with Gasteiger partial charge in [-0.2, -0.15) is 0 Å². The molecule has 1 saturated heterocycles. The number of carbonyl (C=O) groups is 1. The van der Waals surface area contributed by atoms with Crippen molar-refractivity contribution >= 4 is 28.2 Å². The summed E-state index contributed by atoms with van der Waals surface area (Å²) in [4.78, 5) is 12.4. The van der Waals surface area contributed by atoms with Gasteiger partial charge in [-0.25, -0.2) is 0 Å². The zero-order valence-electron chi connectivity index (χ0n) is 12.2. The second-order valence-corrected chi connectivity index (χ2v) is 7.83. The predicted molar refractivity (Wildman–Crippen MR) is 90.3 cm³/mol. The molecule has 4 atom stereocenters. The summed E-state index contributed by atoms with van der Waals surface area (Å²) in [7, 11) is -1.14. The lowest BCUT2D eigenvalue weighted by Crippen LogP contribution is -2.33. The van der Waals surface area contributed by atoms with Gasteiger partial charge in [0.15, 0.2) is 0 Å². The molecule has 2 nitrogen and oxygen atoms in total. The first-order valence-electron chi connectivity index (χ1n) is 7.30. The molecule has 2 aromatic carbocycles. The maximum absolute atomic E-state index is 13.1. The third kappa shape index (κ3) is 2.88. The van der Waals surface area contributed by atoms with Crippen LogP contribution in [0.4, 0.5) is 0 Å². The Morgan fingerprint density at radius 3 is 2.27 bits per heavy atom. The van der Waals surface area contributed by atoms with Crippen LogP contribution in [-0.2, 0) is 15.6 Å². The van der Waals surface area contributed by atoms with Gasteiger partial charge < -0.3 is 0 Å². The highest BCUT2D eigenvalue weighted by Gasteiger charge is 2.41. The van der Waals surface area contributed by atoms with Crippen LogP contribution in [0.3, 0.4) is 0 Å². The maximum atomic E-state index is 13.1. The van der Waals surface area contributed by atoms with Gasteiger partial charge in [-0.05, 0) is 23.3 Å². The summed E-state index contributed by atoms with van der Waals surface area (Å²) in [5.74, 6) is -0.0415. The van der Waals surface area contributed by atoms with Gasteiger partial charge in [-0.1, -0.05) is 61.0 Å². The fourth-order valence-corrected chi connectivity index (χ4v) is 5.21. The monoisotopic (exact) mass is 332 g/mol. The van der Waals surface area contributed by atoms with E-state index in [1.807, 2.05) is 49.4 Å². The first-order chi connectivity index (χ1) is 10.6. The number of Topliss-reactive ketones (excluding diaryl/α,β-unsaturated/α-hetero) is 1. The van der Waals surface area contributed by atoms with Gasteiger partial charge in [-0.15, -0.1) is 0 Å². The molecule has 2 aromatic rings. The molecule has 0 aliphatic carbocycles. The standard InChI is InChI=1S/C18H17ClO2S/c1-12-16(20)11-17(13-7-9-15(19)10-8-13)22(21)18(12)14-5-3-2-4-6-14/h2-10,12,17-18H,11H2,1H3/t12-,17+,18-,22?/m0/s1. The first kappa shape index (κ1) is 15.4. The van der Waals surface area contributed by atoms with E-state index in [1.165, 1.54) is 0 Å². The Hall–Kier alpha value is -1.45. The Kier molecular flexibility index (Phi) is 4.46. The average Bonchev–Trinajstić information content (AvgIpc) is 2.53. The van der Waals surface area contributed by atoms with Crippen molar-refractivity contribution in [2.75, 3.05) is 0 Å². The Morgan fingerprint density at radius 2 is 1.64 bits per heavy atom. The fraction of sp³-hybridized carbons (Fsp3) is 0.278. The molecule has 114 valence electrons. The molecule has 0 N–H and O–H groups in total. The van der Waals surface area contributed by atoms with Crippen LogP contribution in [0, 0.1) is 5.92 Å². The minimum atomic E-state index is -1.14. The van der Waals surface area contributed by atoms with Crippen molar-refractivity contribution in [3.05, 3.63) is 70.7 Å². The van der Waals surface area contributed by atoms with Crippen LogP contribution in [0.2, 0.25) is 5.02 Å². The van der Waals surface area contributed by atoms with Crippen molar-refractivity contribution in [3.8, 4) is 0 Å². The summed E-state index contributed by atoms with van der Waals surface area (Å²) in [6.45, 7) is 1.88. The lowest BCUT2D eigenvalue weighted by molar-refractivity contribution is -0.122. The molecular formula is C18H17ClO2S. The molecule has 0 radical (unpaired) electrons. The zero-order chi connectivity index (χ0) is 15.7. The van der Waals surface area contributed by atoms with Crippen molar-refractivity contribution in [1.29, 1.82) is 0 Å². The van der Waals surface area contributed by atoms with E-state index in [1.54, 1.807) is 12.1 Å². The third-order valence-corrected chi connectivity index (χ3v) is 6.68. The van der Waals surface area contributed by atoms with Gasteiger partial charge >= 0.3 is 0 Å². The smallest absolute Gasteiger partial charge is 0.138 e. The molecule has 1 fully saturated rings. The Bertz CT molecular complexity index is 697. The molecule has 4 heteroatoms. The molecule has 0 aromatic heterocycles. The van der Waals surface area contributed by atoms with Gasteiger partial charge in [-0.3, -0.25) is 9.00 Å². The largest absolute Gasteiger partial charge is 0.299 e. The number of rotatable bonds is 2. The maximum Gasteiger partial charge on any atom is 0.138 e. The number of halogens is 1. The van der Waals surface area contributed by atoms with Gasteiger partial charge in [0.25, 0.3) is 0 Å². The predicted octanol–water partition coefficient (Wildman–Crippen LogP) is 4.48. The number of hydrogen-bond acceptors (Lipinski definition) is 2. The average molecular weight is 333 g/mol. The van der Waals surface area contributed by atoms with Gasteiger partial charge in [0.2, 0.25) is 0 Å². The summed E-state index contributed by atoms with van der Waals surface area (Å²) >= 11 is 5.92. The molecule has 1 aliphatic heterocycles. The van der Waals surface area contributed by atoms with E-state index < -0.39 is 10.8 Å². The van der Waals surface area contributed by atoms with E-state index in [0.29, 0.717) is 11.4 Å². The number of carbonyl (C=O) groups excluding carboxylic acids is 1. The van der Waals surface area contributed by atoms with Crippen molar-refractivity contribution in [1.82, 2.24) is 0 Å². The second kappa shape index (κ2) is 6.35. The minimum Gasteiger partial charge on any atom is -0.299 e. The second-order valence-electron chi connectivity index (χ2n) is 5.66. The fourth-order valence-electron chi connectivity index (χ4n) is 2.99. The van der Waals surface area contributed by atoms with Gasteiger partial charge in [0.1, 0.15) is 5.78 Å². The lowest BCUT2D eigenvalue weighted by Gasteiger charge is -2.33. The van der Waals surface area contributed by atoms with E-state index in [4.69, 9.17) is 11.6 Å². The Morgan fingerprint density at radius 1 is 1.00 bits per heavy atom. The number of hydrogen-bond donors (Lipinski definition) is 0. The zero-order valence-corrected chi connectivity index (χ0v) is 13.8. The molecule has 0 saturated carbocycles. The molecule has 0 amide bonds. The first-order valence-corrected chi connectivity index (χ1v) is 8.96. The summed E-state index contributed by atoms with van der Waals surface area (Å²) in [5.41, 5.74) is 1.89. The van der Waals surface area contributed by atoms with Crippen molar-refractivity contribution in [2.45, 2.75) is 23.8 Å². The quantitative estimate of drug-likeness (QED) is 0.812. The highest BCUT2D eigenvalue weighted by atomic mass is 35.5. The van der Waals surface area contributed by atoms with Crippen LogP contribution in [0.5, 0.6) is 0 Å². The Labute approximate surface area is 138 Å². The highest BCUT2D eigenvalue weighted by Crippen LogP contribution is 2.43. The summed E-state index contributed by atoms with van der Waals surface area (Å²) in [6.07, 6.45) is 0.332. The van der Waals surface area contributed by atoms with Crippen LogP contribution in [0.1, 0.15) is 35.0 Å². The normalized spacial score (nSPS) is 28.5. The summed E-state index contributed by atoms with van der Waals surface area (Å²) in [6, 6.07) is 17.0. The van der Waals surface area contributed by atoms with E-state index in [9.17, 15) is 9.00 Å². The van der Waals surface area contributed by atoms with Crippen molar-refractivity contribution in [2.24, 2.45) is 5.92 Å². The van der Waals surface area contributed by atoms with Crippen LogP contribution in [0.25, 0.3) is 0 Å². The molecule has 0 bridgehead atoms. The van der Waals surface area contributed by atoms with Crippen molar-refractivity contribution < 1.29 is 9.00 Å². The van der Waals surface area contributed by atoms with Crippen LogP contribution in [0.15, 0.2) is 54.6 Å². The Balaban J connectivity index is 1.99. The molecular weight excluding hydrogens is 316 g/mol. The SMILES string of the molecule is C[C@H]1C(=O)C[C@H](c2ccc(Cl)cc2)S(=O)[C@@H]1c1ccccc1. The van der Waals surface area contributed by atoms with E-state index in [0.717, 1.165) is 11.1 Å². The highest BCUT2D eigenvalue weighted by molar-refractivity contribution is 7.85. The van der Waals surface area contributed by atoms with E-state index >= 15 is 0 Å². The molecule has 0 spiro atoms. The summed E-state index contributed by atoms with van der Waals surface area (Å²) < 4.78 is 13.1. The molecule has 3 rings (SSSR count). The molecule has 1 heterocycles. The topological polar surface area (TPSA) is 34.1 Å². The van der Waals surface area contributed by atoms with E-state index in [2.05, 4.69) is 0 Å². The number of benzene rings is 2. The third-order valence-electron chi connectivity index (χ3n) is 4.25. The van der Waals surface area contributed by atoms with E-state index in [-0.39, 0.29) is 22.2 Å². The van der Waals surface area contributed by atoms with Gasteiger partial charge in [0, 0.05) is 28.2 Å². The van der Waals surface area contributed by atoms with Gasteiger partial charge in [0.05, 0.1) is 10.5 Å². The molecule has 1 aliphatic rings. The number of ketones is 1.